The molecule has 30 heavy (non-hydrogen) atoms. The normalized spacial score (nSPS) is 10.7. The van der Waals surface area contributed by atoms with E-state index in [-0.39, 0.29) is 5.88 Å². The fourth-order valence-corrected chi connectivity index (χ4v) is 3.37. The Kier molecular flexibility index (Phi) is 8.13. The number of rotatable bonds is 10. The van der Waals surface area contributed by atoms with Crippen molar-refractivity contribution in [3.05, 3.63) is 77.6 Å². The molecule has 1 aromatic heterocycles. The van der Waals surface area contributed by atoms with Gasteiger partial charge in [0.15, 0.2) is 0 Å². The molecule has 0 saturated carbocycles. The number of hydrogen-bond acceptors (Lipinski definition) is 4. The van der Waals surface area contributed by atoms with Crippen LogP contribution in [0.3, 0.4) is 0 Å². The zero-order chi connectivity index (χ0) is 21.2. The minimum atomic E-state index is -0.418. The standard InChI is InChI=1S/C26H30N2O2/c1-3-5-6-7-9-21-12-16-23(17-13-21)26(29)30-25-19-27-24(18-28-25)22-14-10-20(8-4-2)11-15-22/h10-19H,3-9H2,1-2H3. The van der Waals surface area contributed by atoms with Gasteiger partial charge >= 0.3 is 5.97 Å². The van der Waals surface area contributed by atoms with Gasteiger partial charge in [0.2, 0.25) is 5.88 Å². The van der Waals surface area contributed by atoms with E-state index in [2.05, 4.69) is 35.9 Å². The maximum absolute atomic E-state index is 12.4. The van der Waals surface area contributed by atoms with E-state index >= 15 is 0 Å². The molecule has 0 aliphatic rings. The summed E-state index contributed by atoms with van der Waals surface area (Å²) in [6.45, 7) is 4.38. The summed E-state index contributed by atoms with van der Waals surface area (Å²) in [7, 11) is 0. The van der Waals surface area contributed by atoms with Crippen molar-refractivity contribution in [2.75, 3.05) is 0 Å². The smallest absolute Gasteiger partial charge is 0.344 e. The molecular weight excluding hydrogens is 372 g/mol. The number of hydrogen-bond donors (Lipinski definition) is 0. The Balaban J connectivity index is 1.56. The van der Waals surface area contributed by atoms with E-state index in [0.717, 1.165) is 30.5 Å². The Morgan fingerprint density at radius 1 is 0.767 bits per heavy atom. The van der Waals surface area contributed by atoms with Gasteiger partial charge < -0.3 is 4.74 Å². The second kappa shape index (κ2) is 11.2. The van der Waals surface area contributed by atoms with Gasteiger partial charge in [-0.15, -0.1) is 0 Å². The average Bonchev–Trinajstić information content (AvgIpc) is 2.78. The lowest BCUT2D eigenvalue weighted by Crippen LogP contribution is -2.09. The summed E-state index contributed by atoms with van der Waals surface area (Å²) in [5.41, 5.74) is 4.83. The fourth-order valence-electron chi connectivity index (χ4n) is 3.37. The third-order valence-corrected chi connectivity index (χ3v) is 5.12. The zero-order valence-electron chi connectivity index (χ0n) is 17.9. The van der Waals surface area contributed by atoms with E-state index in [1.165, 1.54) is 43.0 Å². The molecule has 0 amide bonds. The molecule has 4 nitrogen and oxygen atoms in total. The van der Waals surface area contributed by atoms with Crippen molar-refractivity contribution in [2.45, 2.75) is 58.8 Å². The predicted molar refractivity (Wildman–Crippen MR) is 121 cm³/mol. The summed E-state index contributed by atoms with van der Waals surface area (Å²) in [5.74, 6) is -0.214. The largest absolute Gasteiger partial charge is 0.402 e. The fraction of sp³-hybridized carbons (Fsp3) is 0.346. The lowest BCUT2D eigenvalue weighted by Gasteiger charge is -2.06. The van der Waals surface area contributed by atoms with Crippen LogP contribution in [0.25, 0.3) is 11.3 Å². The average molecular weight is 403 g/mol. The maximum atomic E-state index is 12.4. The summed E-state index contributed by atoms with van der Waals surface area (Å²) in [6, 6.07) is 16.0. The summed E-state index contributed by atoms with van der Waals surface area (Å²) >= 11 is 0. The quantitative estimate of drug-likeness (QED) is 0.289. The van der Waals surface area contributed by atoms with Crippen molar-refractivity contribution in [2.24, 2.45) is 0 Å². The minimum absolute atomic E-state index is 0.204. The van der Waals surface area contributed by atoms with E-state index in [9.17, 15) is 4.79 Å². The first-order valence-corrected chi connectivity index (χ1v) is 10.9. The van der Waals surface area contributed by atoms with Gasteiger partial charge in [-0.3, -0.25) is 0 Å². The zero-order valence-corrected chi connectivity index (χ0v) is 17.9. The highest BCUT2D eigenvalue weighted by atomic mass is 16.5. The van der Waals surface area contributed by atoms with Crippen molar-refractivity contribution in [1.82, 2.24) is 9.97 Å². The molecule has 0 radical (unpaired) electrons. The number of esters is 1. The van der Waals surface area contributed by atoms with Gasteiger partial charge in [-0.1, -0.05) is 75.9 Å². The van der Waals surface area contributed by atoms with Crippen molar-refractivity contribution in [3.63, 3.8) is 0 Å². The summed E-state index contributed by atoms with van der Waals surface area (Å²) in [5, 5.41) is 0. The van der Waals surface area contributed by atoms with Crippen LogP contribution in [0.1, 0.15) is 67.4 Å². The summed E-state index contributed by atoms with van der Waals surface area (Å²) in [6.07, 6.45) is 11.3. The first-order chi connectivity index (χ1) is 14.7. The minimum Gasteiger partial charge on any atom is -0.402 e. The molecule has 0 fully saturated rings. The highest BCUT2D eigenvalue weighted by molar-refractivity contribution is 5.90. The predicted octanol–water partition coefficient (Wildman–Crippen LogP) is 6.44. The van der Waals surface area contributed by atoms with Gasteiger partial charge in [-0.25, -0.2) is 14.8 Å². The molecule has 0 aliphatic carbocycles. The van der Waals surface area contributed by atoms with E-state index in [1.54, 1.807) is 6.20 Å². The third-order valence-electron chi connectivity index (χ3n) is 5.12. The van der Waals surface area contributed by atoms with Gasteiger partial charge in [0.05, 0.1) is 23.7 Å². The van der Waals surface area contributed by atoms with E-state index < -0.39 is 5.97 Å². The molecular formula is C26H30N2O2. The van der Waals surface area contributed by atoms with Crippen molar-refractivity contribution >= 4 is 5.97 Å². The van der Waals surface area contributed by atoms with Crippen molar-refractivity contribution < 1.29 is 9.53 Å². The lowest BCUT2D eigenvalue weighted by atomic mass is 10.0. The maximum Gasteiger partial charge on any atom is 0.344 e. The van der Waals surface area contributed by atoms with E-state index in [0.29, 0.717) is 5.56 Å². The van der Waals surface area contributed by atoms with Gasteiger partial charge in [0, 0.05) is 5.56 Å². The molecule has 0 N–H and O–H groups in total. The van der Waals surface area contributed by atoms with Crippen LogP contribution < -0.4 is 4.74 Å². The van der Waals surface area contributed by atoms with Gasteiger partial charge in [0.1, 0.15) is 0 Å². The number of nitrogens with zero attached hydrogens (tertiary/aromatic N) is 2. The Bertz CT molecular complexity index is 917. The van der Waals surface area contributed by atoms with Gasteiger partial charge in [0.25, 0.3) is 0 Å². The SMILES string of the molecule is CCCCCCc1ccc(C(=O)Oc2cnc(-c3ccc(CCC)cc3)cn2)cc1. The van der Waals surface area contributed by atoms with Crippen molar-refractivity contribution in [3.8, 4) is 17.1 Å². The topological polar surface area (TPSA) is 52.1 Å². The molecule has 0 unspecified atom stereocenters. The number of aryl methyl sites for hydroxylation is 2. The first-order valence-electron chi connectivity index (χ1n) is 10.9. The molecule has 0 spiro atoms. The van der Waals surface area contributed by atoms with Crippen molar-refractivity contribution in [1.29, 1.82) is 0 Å². The molecule has 156 valence electrons. The van der Waals surface area contributed by atoms with Crippen LogP contribution in [-0.4, -0.2) is 15.9 Å². The third kappa shape index (κ3) is 6.24. The number of benzene rings is 2. The molecule has 0 bridgehead atoms. The molecule has 4 heteroatoms. The molecule has 0 aliphatic heterocycles. The number of carbonyl (C=O) groups excluding carboxylic acids is 1. The Morgan fingerprint density at radius 3 is 2.10 bits per heavy atom. The van der Waals surface area contributed by atoms with Crippen LogP contribution in [-0.2, 0) is 12.8 Å². The molecule has 3 rings (SSSR count). The van der Waals surface area contributed by atoms with Crippen LogP contribution in [0.5, 0.6) is 5.88 Å². The molecule has 0 atom stereocenters. The molecule has 1 heterocycles. The lowest BCUT2D eigenvalue weighted by molar-refractivity contribution is 0.0727. The first kappa shape index (κ1) is 21.7. The molecule has 2 aromatic carbocycles. The van der Waals surface area contributed by atoms with Crippen LogP contribution in [0.15, 0.2) is 60.9 Å². The highest BCUT2D eigenvalue weighted by Crippen LogP contribution is 2.19. The second-order valence-corrected chi connectivity index (χ2v) is 7.58. The number of unbranched alkanes of at least 4 members (excludes halogenated alkanes) is 3. The Labute approximate surface area is 179 Å². The Morgan fingerprint density at radius 2 is 1.47 bits per heavy atom. The van der Waals surface area contributed by atoms with Crippen LogP contribution in [0.4, 0.5) is 0 Å². The van der Waals surface area contributed by atoms with Crippen LogP contribution >= 0.6 is 0 Å². The van der Waals surface area contributed by atoms with Gasteiger partial charge in [-0.2, -0.15) is 0 Å². The number of carbonyl (C=O) groups is 1. The molecule has 3 aromatic rings. The highest BCUT2D eigenvalue weighted by Gasteiger charge is 2.10. The number of ether oxygens (including phenoxy) is 1. The van der Waals surface area contributed by atoms with Crippen LogP contribution in [0, 0.1) is 0 Å². The van der Waals surface area contributed by atoms with Gasteiger partial charge in [-0.05, 0) is 42.5 Å². The Hall–Kier alpha value is -3.01. The van der Waals surface area contributed by atoms with E-state index in [4.69, 9.17) is 4.74 Å². The summed E-state index contributed by atoms with van der Waals surface area (Å²) < 4.78 is 5.38. The number of aromatic nitrogens is 2. The summed E-state index contributed by atoms with van der Waals surface area (Å²) in [4.78, 5) is 21.0. The van der Waals surface area contributed by atoms with Crippen LogP contribution in [0.2, 0.25) is 0 Å². The van der Waals surface area contributed by atoms with E-state index in [1.807, 2.05) is 36.4 Å². The monoisotopic (exact) mass is 402 g/mol. The second-order valence-electron chi connectivity index (χ2n) is 7.58. The molecule has 0 saturated heterocycles.